The number of hydrogen-bond donors (Lipinski definition) is 2. The van der Waals surface area contributed by atoms with Gasteiger partial charge in [-0.1, -0.05) is 45.4 Å². The molecule has 2 N–H and O–H groups in total. The van der Waals surface area contributed by atoms with Crippen molar-refractivity contribution in [1.82, 2.24) is 5.43 Å². The van der Waals surface area contributed by atoms with Crippen LogP contribution in [0.1, 0.15) is 70.8 Å². The topological polar surface area (TPSA) is 70.9 Å². The van der Waals surface area contributed by atoms with Crippen molar-refractivity contribution in [2.45, 2.75) is 65.2 Å². The number of benzene rings is 1. The van der Waals surface area contributed by atoms with E-state index in [1.165, 1.54) is 39.2 Å². The minimum absolute atomic E-state index is 0.0614. The molecule has 1 rings (SSSR count). The second kappa shape index (κ2) is 11.5. The van der Waals surface area contributed by atoms with Gasteiger partial charge >= 0.3 is 0 Å². The van der Waals surface area contributed by atoms with E-state index in [-0.39, 0.29) is 11.7 Å². The van der Waals surface area contributed by atoms with E-state index in [0.29, 0.717) is 17.9 Å². The Balaban J connectivity index is 2.33. The number of carbonyl (C=O) groups excluding carboxylic acids is 1. The Bertz CT molecular complexity index is 541. The van der Waals surface area contributed by atoms with Crippen molar-refractivity contribution >= 4 is 11.6 Å². The van der Waals surface area contributed by atoms with Gasteiger partial charge in [0.05, 0.1) is 12.8 Å². The number of phenolic OH excluding ortho intramolecular Hbond substituents is 1. The molecule has 0 fully saturated rings. The maximum Gasteiger partial charge on any atom is 0.240 e. The molecule has 1 aromatic carbocycles. The molecule has 0 spiro atoms. The fourth-order valence-electron chi connectivity index (χ4n) is 2.41. The van der Waals surface area contributed by atoms with Crippen molar-refractivity contribution in [1.29, 1.82) is 0 Å². The van der Waals surface area contributed by atoms with Gasteiger partial charge in [0.1, 0.15) is 0 Å². The Morgan fingerprint density at radius 2 is 1.83 bits per heavy atom. The van der Waals surface area contributed by atoms with E-state index in [2.05, 4.69) is 17.5 Å². The van der Waals surface area contributed by atoms with Gasteiger partial charge in [-0.05, 0) is 31.5 Å². The molecule has 0 aliphatic carbocycles. The Morgan fingerprint density at radius 1 is 1.17 bits per heavy atom. The third-order valence-electron chi connectivity index (χ3n) is 3.95. The first-order valence-electron chi connectivity index (χ1n) is 8.79. The number of methoxy groups -OCH3 is 1. The predicted octanol–water partition coefficient (Wildman–Crippen LogP) is 4.38. The van der Waals surface area contributed by atoms with Crippen LogP contribution in [-0.4, -0.2) is 23.8 Å². The summed E-state index contributed by atoms with van der Waals surface area (Å²) < 4.78 is 5.07. The Kier molecular flexibility index (Phi) is 9.58. The quantitative estimate of drug-likeness (QED) is 0.358. The number of ether oxygens (including phenoxy) is 1. The first-order valence-corrected chi connectivity index (χ1v) is 8.79. The minimum Gasteiger partial charge on any atom is -0.504 e. The molecule has 134 valence electrons. The van der Waals surface area contributed by atoms with Crippen LogP contribution in [0.4, 0.5) is 0 Å². The van der Waals surface area contributed by atoms with E-state index < -0.39 is 0 Å². The molecule has 0 unspecified atom stereocenters. The number of carbonyl (C=O) groups is 1. The lowest BCUT2D eigenvalue weighted by Gasteiger charge is -2.07. The molecular formula is C19H30N2O3. The van der Waals surface area contributed by atoms with E-state index in [1.54, 1.807) is 25.1 Å². The van der Waals surface area contributed by atoms with Gasteiger partial charge in [0.15, 0.2) is 11.5 Å². The molecule has 1 amide bonds. The number of nitrogens with zero attached hydrogens (tertiary/aromatic N) is 1. The molecule has 5 heteroatoms. The predicted molar refractivity (Wildman–Crippen MR) is 97.6 cm³/mol. The van der Waals surface area contributed by atoms with Gasteiger partial charge < -0.3 is 9.84 Å². The SMILES string of the molecule is CCCCCCCCCC(=O)NN=C(C)c1ccc(O)c(OC)c1. The molecule has 0 heterocycles. The summed E-state index contributed by atoms with van der Waals surface area (Å²) in [6.07, 6.45) is 8.81. The van der Waals surface area contributed by atoms with Gasteiger partial charge in [0.2, 0.25) is 5.91 Å². The van der Waals surface area contributed by atoms with Gasteiger partial charge in [0.25, 0.3) is 0 Å². The molecular weight excluding hydrogens is 304 g/mol. The Hall–Kier alpha value is -2.04. The number of rotatable bonds is 11. The van der Waals surface area contributed by atoms with Crippen molar-refractivity contribution < 1.29 is 14.6 Å². The van der Waals surface area contributed by atoms with E-state index >= 15 is 0 Å². The monoisotopic (exact) mass is 334 g/mol. The average molecular weight is 334 g/mol. The highest BCUT2D eigenvalue weighted by molar-refractivity contribution is 5.99. The van der Waals surface area contributed by atoms with Crippen LogP contribution in [0.25, 0.3) is 0 Å². The summed E-state index contributed by atoms with van der Waals surface area (Å²) in [5, 5.41) is 13.7. The molecule has 5 nitrogen and oxygen atoms in total. The summed E-state index contributed by atoms with van der Waals surface area (Å²) in [6.45, 7) is 4.01. The van der Waals surface area contributed by atoms with Crippen molar-refractivity contribution in [3.05, 3.63) is 23.8 Å². The molecule has 0 radical (unpaired) electrons. The molecule has 1 aromatic rings. The summed E-state index contributed by atoms with van der Waals surface area (Å²) in [5.41, 5.74) is 4.05. The maximum absolute atomic E-state index is 11.8. The fourth-order valence-corrected chi connectivity index (χ4v) is 2.41. The van der Waals surface area contributed by atoms with E-state index in [9.17, 15) is 9.90 Å². The number of unbranched alkanes of at least 4 members (excludes halogenated alkanes) is 6. The average Bonchev–Trinajstić information content (AvgIpc) is 2.59. The first-order chi connectivity index (χ1) is 11.6. The first kappa shape index (κ1) is 20.0. The molecule has 0 aliphatic rings. The van der Waals surface area contributed by atoms with E-state index in [1.807, 2.05) is 0 Å². The van der Waals surface area contributed by atoms with Crippen molar-refractivity contribution in [3.8, 4) is 11.5 Å². The number of phenols is 1. The van der Waals surface area contributed by atoms with Crippen LogP contribution >= 0.6 is 0 Å². The fraction of sp³-hybridized carbons (Fsp3) is 0.579. The molecule has 0 saturated carbocycles. The van der Waals surface area contributed by atoms with E-state index in [4.69, 9.17) is 4.74 Å². The van der Waals surface area contributed by atoms with Crippen LogP contribution in [0, 0.1) is 0 Å². The van der Waals surface area contributed by atoms with Crippen molar-refractivity contribution in [2.24, 2.45) is 5.10 Å². The number of nitrogens with one attached hydrogen (secondary N) is 1. The highest BCUT2D eigenvalue weighted by Crippen LogP contribution is 2.26. The van der Waals surface area contributed by atoms with Gasteiger partial charge in [0, 0.05) is 12.0 Å². The summed E-state index contributed by atoms with van der Waals surface area (Å²) >= 11 is 0. The Labute approximate surface area is 145 Å². The summed E-state index contributed by atoms with van der Waals surface area (Å²) in [6, 6.07) is 4.98. The van der Waals surface area contributed by atoms with Crippen LogP contribution in [-0.2, 0) is 4.79 Å². The number of hydrazone groups is 1. The van der Waals surface area contributed by atoms with E-state index in [0.717, 1.165) is 18.4 Å². The van der Waals surface area contributed by atoms with Crippen LogP contribution in [0.3, 0.4) is 0 Å². The molecule has 0 bridgehead atoms. The van der Waals surface area contributed by atoms with Crippen LogP contribution in [0.15, 0.2) is 23.3 Å². The molecule has 0 atom stereocenters. The summed E-state index contributed by atoms with van der Waals surface area (Å²) in [7, 11) is 1.50. The van der Waals surface area contributed by atoms with Crippen LogP contribution in [0.2, 0.25) is 0 Å². The number of aromatic hydroxyl groups is 1. The highest BCUT2D eigenvalue weighted by atomic mass is 16.5. The summed E-state index contributed by atoms with van der Waals surface area (Å²) in [5.74, 6) is 0.405. The standard InChI is InChI=1S/C19H30N2O3/c1-4-5-6-7-8-9-10-11-19(23)21-20-15(2)16-12-13-17(22)18(14-16)24-3/h12-14,22H,4-11H2,1-3H3,(H,21,23). The van der Waals surface area contributed by atoms with Crippen molar-refractivity contribution in [3.63, 3.8) is 0 Å². The molecule has 0 saturated heterocycles. The third-order valence-corrected chi connectivity index (χ3v) is 3.95. The number of hydrogen-bond acceptors (Lipinski definition) is 4. The van der Waals surface area contributed by atoms with Gasteiger partial charge in [-0.25, -0.2) is 5.43 Å². The second-order valence-electron chi connectivity index (χ2n) is 5.99. The zero-order chi connectivity index (χ0) is 17.8. The lowest BCUT2D eigenvalue weighted by atomic mass is 10.1. The van der Waals surface area contributed by atoms with Gasteiger partial charge in [-0.2, -0.15) is 5.10 Å². The van der Waals surface area contributed by atoms with Crippen LogP contribution in [0.5, 0.6) is 11.5 Å². The zero-order valence-corrected chi connectivity index (χ0v) is 15.1. The minimum atomic E-state index is -0.0614. The van der Waals surface area contributed by atoms with Gasteiger partial charge in [-0.15, -0.1) is 0 Å². The van der Waals surface area contributed by atoms with Crippen LogP contribution < -0.4 is 10.2 Å². The largest absolute Gasteiger partial charge is 0.504 e. The molecule has 0 aliphatic heterocycles. The normalized spacial score (nSPS) is 11.4. The third kappa shape index (κ3) is 7.49. The van der Waals surface area contributed by atoms with Crippen molar-refractivity contribution in [2.75, 3.05) is 7.11 Å². The zero-order valence-electron chi connectivity index (χ0n) is 15.1. The number of amides is 1. The molecule has 0 aromatic heterocycles. The smallest absolute Gasteiger partial charge is 0.240 e. The highest BCUT2D eigenvalue weighted by Gasteiger charge is 2.06. The Morgan fingerprint density at radius 3 is 2.50 bits per heavy atom. The second-order valence-corrected chi connectivity index (χ2v) is 5.99. The van der Waals surface area contributed by atoms with Gasteiger partial charge in [-0.3, -0.25) is 4.79 Å². The summed E-state index contributed by atoms with van der Waals surface area (Å²) in [4.78, 5) is 11.8. The lowest BCUT2D eigenvalue weighted by Crippen LogP contribution is -2.18. The lowest BCUT2D eigenvalue weighted by molar-refractivity contribution is -0.121. The molecule has 24 heavy (non-hydrogen) atoms. The maximum atomic E-state index is 11.8.